The lowest BCUT2D eigenvalue weighted by Crippen LogP contribution is -2.43. The highest BCUT2D eigenvalue weighted by Crippen LogP contribution is 2.34. The van der Waals surface area contributed by atoms with E-state index in [1.54, 1.807) is 6.92 Å². The predicted octanol–water partition coefficient (Wildman–Crippen LogP) is 3.17. The maximum absolute atomic E-state index is 14.2. The molecule has 0 saturated carbocycles. The van der Waals surface area contributed by atoms with Gasteiger partial charge in [0.2, 0.25) is 0 Å². The van der Waals surface area contributed by atoms with Crippen LogP contribution in [-0.2, 0) is 0 Å². The Morgan fingerprint density at radius 3 is 2.83 bits per heavy atom. The van der Waals surface area contributed by atoms with E-state index in [-0.39, 0.29) is 35.5 Å². The second-order valence-corrected chi connectivity index (χ2v) is 7.29. The summed E-state index contributed by atoms with van der Waals surface area (Å²) in [5.41, 5.74) is 0.428. The highest BCUT2D eigenvalue weighted by molar-refractivity contribution is 5.92. The number of piperidine rings is 1. The number of nitrogens with zero attached hydrogens (tertiary/aromatic N) is 6. The molecule has 152 valence electrons. The number of aryl methyl sites for hydroxylation is 1. The van der Waals surface area contributed by atoms with Crippen molar-refractivity contribution < 1.29 is 18.0 Å². The van der Waals surface area contributed by atoms with Crippen LogP contribution in [0.25, 0.3) is 5.78 Å². The molecule has 1 aliphatic heterocycles. The minimum atomic E-state index is -2.75. The maximum Gasteiger partial charge on any atom is 0.280 e. The quantitative estimate of drug-likeness (QED) is 0.670. The van der Waals surface area contributed by atoms with Crippen LogP contribution in [0.1, 0.15) is 53.3 Å². The van der Waals surface area contributed by atoms with Crippen LogP contribution in [0.4, 0.5) is 13.2 Å². The summed E-state index contributed by atoms with van der Waals surface area (Å²) in [5, 5.41) is 4.10. The van der Waals surface area contributed by atoms with Crippen molar-refractivity contribution in [3.63, 3.8) is 0 Å². The van der Waals surface area contributed by atoms with Gasteiger partial charge >= 0.3 is 0 Å². The van der Waals surface area contributed by atoms with E-state index in [0.717, 1.165) is 0 Å². The normalized spacial score (nSPS) is 19.9. The molecular formula is C19H19F3N6O. The molecule has 3 aromatic heterocycles. The van der Waals surface area contributed by atoms with Crippen LogP contribution in [0, 0.1) is 18.7 Å². The van der Waals surface area contributed by atoms with Crippen molar-refractivity contribution in [2.75, 3.05) is 13.1 Å². The van der Waals surface area contributed by atoms with E-state index in [1.807, 2.05) is 6.92 Å². The Balaban J connectivity index is 1.70. The fourth-order valence-electron chi connectivity index (χ4n) is 3.71. The zero-order valence-corrected chi connectivity index (χ0v) is 15.9. The average Bonchev–Trinajstić information content (AvgIpc) is 3.18. The molecule has 1 aliphatic rings. The first-order valence-electron chi connectivity index (χ1n) is 9.26. The van der Waals surface area contributed by atoms with Gasteiger partial charge in [0, 0.05) is 24.7 Å². The molecule has 1 amide bonds. The molecule has 1 fully saturated rings. The number of likely N-dealkylation sites (tertiary alicyclic amines) is 1. The van der Waals surface area contributed by atoms with Crippen molar-refractivity contribution in [3.8, 4) is 0 Å². The predicted molar refractivity (Wildman–Crippen MR) is 97.1 cm³/mol. The molecule has 1 unspecified atom stereocenters. The standard InChI is InChI=1S/C19H19F3N6O/c1-10-5-6-27(18(29)16-13(20)4-3-11(2)25-16)8-12(10)15-7-14(17(21)22)26-19-23-9-24-28(15)19/h3-4,7,9-10,12,17H,5-6,8H2,1-2H3/t10-,12?/m1/s1. The van der Waals surface area contributed by atoms with Gasteiger partial charge in [0.25, 0.3) is 18.1 Å². The first-order valence-corrected chi connectivity index (χ1v) is 9.26. The molecule has 0 aromatic carbocycles. The number of carbonyl (C=O) groups is 1. The first kappa shape index (κ1) is 19.3. The summed E-state index contributed by atoms with van der Waals surface area (Å²) >= 11 is 0. The number of hydrogen-bond acceptors (Lipinski definition) is 5. The van der Waals surface area contributed by atoms with Gasteiger partial charge in [-0.1, -0.05) is 6.92 Å². The summed E-state index contributed by atoms with van der Waals surface area (Å²) in [5.74, 6) is -1.31. The zero-order chi connectivity index (χ0) is 20.7. The lowest BCUT2D eigenvalue weighted by molar-refractivity contribution is 0.0654. The number of aromatic nitrogens is 5. The maximum atomic E-state index is 14.2. The molecule has 0 bridgehead atoms. The number of carbonyl (C=O) groups excluding carboxylic acids is 1. The van der Waals surface area contributed by atoms with Gasteiger partial charge in [-0.05, 0) is 37.5 Å². The first-order chi connectivity index (χ1) is 13.8. The molecule has 4 heterocycles. The Bertz CT molecular complexity index is 1070. The van der Waals surface area contributed by atoms with Gasteiger partial charge in [-0.15, -0.1) is 0 Å². The number of halogens is 3. The number of pyridine rings is 1. The fraction of sp³-hybridized carbons (Fsp3) is 0.421. The second-order valence-electron chi connectivity index (χ2n) is 7.29. The summed E-state index contributed by atoms with van der Waals surface area (Å²) in [6, 6.07) is 4.03. The van der Waals surface area contributed by atoms with E-state index in [9.17, 15) is 18.0 Å². The molecule has 1 saturated heterocycles. The van der Waals surface area contributed by atoms with Crippen molar-refractivity contribution in [1.82, 2.24) is 29.5 Å². The number of amides is 1. The third-order valence-corrected chi connectivity index (χ3v) is 5.34. The van der Waals surface area contributed by atoms with E-state index >= 15 is 0 Å². The lowest BCUT2D eigenvalue weighted by atomic mass is 9.84. The van der Waals surface area contributed by atoms with Gasteiger partial charge in [0.15, 0.2) is 11.5 Å². The van der Waals surface area contributed by atoms with Crippen molar-refractivity contribution in [3.05, 3.63) is 53.1 Å². The Kier molecular flexibility index (Phi) is 4.93. The summed E-state index contributed by atoms with van der Waals surface area (Å²) in [6.45, 7) is 4.33. The van der Waals surface area contributed by atoms with Crippen LogP contribution in [0.15, 0.2) is 24.5 Å². The Hall–Kier alpha value is -3.04. The molecule has 2 atom stereocenters. The van der Waals surface area contributed by atoms with Crippen LogP contribution in [0.5, 0.6) is 0 Å². The van der Waals surface area contributed by atoms with Crippen LogP contribution in [0.3, 0.4) is 0 Å². The van der Waals surface area contributed by atoms with E-state index in [1.165, 1.54) is 33.9 Å². The number of alkyl halides is 2. The third-order valence-electron chi connectivity index (χ3n) is 5.34. The molecule has 0 radical (unpaired) electrons. The molecule has 4 rings (SSSR count). The molecule has 0 aliphatic carbocycles. The Morgan fingerprint density at radius 2 is 2.07 bits per heavy atom. The van der Waals surface area contributed by atoms with Gasteiger partial charge in [-0.2, -0.15) is 10.1 Å². The molecule has 29 heavy (non-hydrogen) atoms. The van der Waals surface area contributed by atoms with Crippen LogP contribution >= 0.6 is 0 Å². The topological polar surface area (TPSA) is 76.3 Å². The van der Waals surface area contributed by atoms with Crippen LogP contribution < -0.4 is 0 Å². The van der Waals surface area contributed by atoms with Gasteiger partial charge in [-0.25, -0.2) is 27.7 Å². The fourth-order valence-corrected chi connectivity index (χ4v) is 3.71. The number of hydrogen-bond donors (Lipinski definition) is 0. The highest BCUT2D eigenvalue weighted by atomic mass is 19.3. The summed E-state index contributed by atoms with van der Waals surface area (Å²) in [7, 11) is 0. The molecular weight excluding hydrogens is 385 g/mol. The molecule has 10 heteroatoms. The highest BCUT2D eigenvalue weighted by Gasteiger charge is 2.34. The van der Waals surface area contributed by atoms with E-state index < -0.39 is 18.1 Å². The smallest absolute Gasteiger partial charge is 0.280 e. The second kappa shape index (κ2) is 7.41. The largest absolute Gasteiger partial charge is 0.337 e. The van der Waals surface area contributed by atoms with Gasteiger partial charge in [-0.3, -0.25) is 4.79 Å². The van der Waals surface area contributed by atoms with E-state index in [0.29, 0.717) is 24.4 Å². The molecule has 0 spiro atoms. The number of rotatable bonds is 3. The Morgan fingerprint density at radius 1 is 1.28 bits per heavy atom. The molecule has 7 nitrogen and oxygen atoms in total. The minimum Gasteiger partial charge on any atom is -0.337 e. The number of fused-ring (bicyclic) bond motifs is 1. The van der Waals surface area contributed by atoms with Crippen molar-refractivity contribution >= 4 is 11.7 Å². The van der Waals surface area contributed by atoms with E-state index in [2.05, 4.69) is 20.1 Å². The molecule has 0 N–H and O–H groups in total. The summed E-state index contributed by atoms with van der Waals surface area (Å²) in [4.78, 5) is 26.2. The average molecular weight is 404 g/mol. The van der Waals surface area contributed by atoms with Crippen molar-refractivity contribution in [1.29, 1.82) is 0 Å². The zero-order valence-electron chi connectivity index (χ0n) is 15.9. The van der Waals surface area contributed by atoms with Gasteiger partial charge in [0.05, 0.1) is 5.69 Å². The van der Waals surface area contributed by atoms with Crippen LogP contribution in [0.2, 0.25) is 0 Å². The summed E-state index contributed by atoms with van der Waals surface area (Å²) < 4.78 is 42.2. The minimum absolute atomic E-state index is 0.0832. The van der Waals surface area contributed by atoms with Crippen molar-refractivity contribution in [2.45, 2.75) is 32.6 Å². The van der Waals surface area contributed by atoms with Crippen LogP contribution in [-0.4, -0.2) is 48.5 Å². The summed E-state index contributed by atoms with van der Waals surface area (Å²) in [6.07, 6.45) is -0.867. The Labute approximate surface area is 164 Å². The van der Waals surface area contributed by atoms with Gasteiger partial charge < -0.3 is 4.90 Å². The lowest BCUT2D eigenvalue weighted by Gasteiger charge is -2.37. The molecule has 3 aromatic rings. The third kappa shape index (κ3) is 3.54. The SMILES string of the molecule is Cc1ccc(F)c(C(=O)N2CC[C@@H](C)C(c3cc(C(F)F)nc4ncnn34)C2)n1. The van der Waals surface area contributed by atoms with Gasteiger partial charge in [0.1, 0.15) is 12.0 Å². The van der Waals surface area contributed by atoms with Crippen molar-refractivity contribution in [2.24, 2.45) is 5.92 Å². The van der Waals surface area contributed by atoms with E-state index in [4.69, 9.17) is 0 Å². The monoisotopic (exact) mass is 404 g/mol.